The number of nitrogens with one attached hydrogen (secondary N) is 2. The summed E-state index contributed by atoms with van der Waals surface area (Å²) in [6.07, 6.45) is 1.61. The Balaban J connectivity index is 1.20. The molecule has 0 radical (unpaired) electrons. The lowest BCUT2D eigenvalue weighted by Gasteiger charge is -2.11. The van der Waals surface area contributed by atoms with Gasteiger partial charge in [-0.05, 0) is 85.0 Å². The van der Waals surface area contributed by atoms with Gasteiger partial charge in [0.05, 0.1) is 51.0 Å². The molecule has 0 spiro atoms. The molecule has 0 saturated heterocycles. The summed E-state index contributed by atoms with van der Waals surface area (Å²) in [5, 5.41) is 7.38. The van der Waals surface area contributed by atoms with E-state index in [0.717, 1.165) is 35.1 Å². The van der Waals surface area contributed by atoms with Crippen molar-refractivity contribution in [3.8, 4) is 11.5 Å². The van der Waals surface area contributed by atoms with E-state index in [4.69, 9.17) is 23.7 Å². The maximum Gasteiger partial charge on any atom is 0.412 e. The third kappa shape index (κ3) is 9.57. The van der Waals surface area contributed by atoms with Gasteiger partial charge < -0.3 is 23.7 Å². The van der Waals surface area contributed by atoms with Gasteiger partial charge in [-0.25, -0.2) is 19.6 Å². The fourth-order valence-corrected chi connectivity index (χ4v) is 4.30. The Labute approximate surface area is 249 Å². The zero-order valence-electron chi connectivity index (χ0n) is 23.8. The molecule has 7 bridgehead atoms. The summed E-state index contributed by atoms with van der Waals surface area (Å²) in [7, 11) is 0. The topological polar surface area (TPSA) is 130 Å². The molecule has 11 heteroatoms. The van der Waals surface area contributed by atoms with Gasteiger partial charge in [-0.3, -0.25) is 10.6 Å². The molecule has 5 rings (SSSR count). The number of nitrogens with zero attached hydrogens (tertiary/aromatic N) is 2. The average molecular weight is 587 g/mol. The van der Waals surface area contributed by atoms with Crippen LogP contribution in [-0.2, 0) is 27.4 Å². The van der Waals surface area contributed by atoms with Gasteiger partial charge in [-0.15, -0.1) is 0 Å². The largest absolute Gasteiger partial charge is 0.494 e. The minimum atomic E-state index is -0.578. The van der Waals surface area contributed by atoms with E-state index in [1.807, 2.05) is 36.4 Å². The molecule has 224 valence electrons. The summed E-state index contributed by atoms with van der Waals surface area (Å²) in [5.41, 5.74) is 1.26. The van der Waals surface area contributed by atoms with Crippen LogP contribution in [0.3, 0.4) is 0 Å². The number of amides is 2. The third-order valence-electron chi connectivity index (χ3n) is 6.44. The second-order valence-corrected chi connectivity index (χ2v) is 9.82. The summed E-state index contributed by atoms with van der Waals surface area (Å²) in [4.78, 5) is 33.3. The van der Waals surface area contributed by atoms with Crippen molar-refractivity contribution < 1.29 is 33.3 Å². The number of cyclic esters (lactones) is 2. The maximum absolute atomic E-state index is 12.2. The van der Waals surface area contributed by atoms with Crippen LogP contribution in [0.25, 0.3) is 10.8 Å². The lowest BCUT2D eigenvalue weighted by atomic mass is 10.1. The molecule has 0 unspecified atom stereocenters. The molecule has 4 aromatic rings. The molecule has 0 fully saturated rings. The molecule has 2 amide bonds. The van der Waals surface area contributed by atoms with Crippen molar-refractivity contribution in [1.29, 1.82) is 0 Å². The van der Waals surface area contributed by atoms with Gasteiger partial charge in [0.25, 0.3) is 0 Å². The predicted octanol–water partition coefficient (Wildman–Crippen LogP) is 6.48. The highest BCUT2D eigenvalue weighted by Gasteiger charge is 2.08. The second kappa shape index (κ2) is 15.4. The van der Waals surface area contributed by atoms with Crippen LogP contribution in [0.4, 0.5) is 21.2 Å². The number of ether oxygens (including phenoxy) is 5. The number of benzene rings is 2. The third-order valence-corrected chi connectivity index (χ3v) is 6.44. The van der Waals surface area contributed by atoms with Crippen molar-refractivity contribution in [1.82, 2.24) is 9.97 Å². The number of anilines is 2. The molecule has 2 N–H and O–H groups in total. The smallest absolute Gasteiger partial charge is 0.412 e. The average Bonchev–Trinajstić information content (AvgIpc) is 3.00. The van der Waals surface area contributed by atoms with E-state index in [0.29, 0.717) is 49.1 Å². The van der Waals surface area contributed by atoms with E-state index in [1.54, 1.807) is 36.4 Å². The Kier molecular flexibility index (Phi) is 10.6. The van der Waals surface area contributed by atoms with E-state index in [1.165, 1.54) is 0 Å². The standard InChI is InChI=1S/C32H34N4O7/c37-31-35-29-9-5-7-25(33-29)21-39-22-26-8-6-10-30(34-26)36-32(38)43-18-4-2-16-41-28-14-12-23-11-13-27(19-24(23)20-28)40-15-1-3-17-42-31/h5-14,19-20H,1-4,15-18,21-22H2,(H,33,35,37)(H,34,36,38). The van der Waals surface area contributed by atoms with Crippen LogP contribution >= 0.6 is 0 Å². The fraction of sp³-hybridized carbons (Fsp3) is 0.312. The summed E-state index contributed by atoms with van der Waals surface area (Å²) in [5.74, 6) is 2.24. The van der Waals surface area contributed by atoms with Crippen molar-refractivity contribution in [2.45, 2.75) is 38.9 Å². The molecule has 0 saturated carbocycles. The number of hydrogen-bond donors (Lipinski definition) is 2. The van der Waals surface area contributed by atoms with Crippen molar-refractivity contribution in [2.75, 3.05) is 37.1 Å². The Bertz CT molecular complexity index is 1420. The number of rotatable bonds is 0. The van der Waals surface area contributed by atoms with Crippen molar-refractivity contribution in [3.05, 3.63) is 84.2 Å². The van der Waals surface area contributed by atoms with Crippen LogP contribution < -0.4 is 20.1 Å². The van der Waals surface area contributed by atoms with Gasteiger partial charge in [-0.1, -0.05) is 24.3 Å². The lowest BCUT2D eigenvalue weighted by Crippen LogP contribution is -2.16. The van der Waals surface area contributed by atoms with Crippen molar-refractivity contribution in [2.24, 2.45) is 0 Å². The molecular weight excluding hydrogens is 552 g/mol. The van der Waals surface area contributed by atoms with Gasteiger partial charge in [0.15, 0.2) is 0 Å². The zero-order valence-corrected chi connectivity index (χ0v) is 23.8. The Morgan fingerprint density at radius 1 is 0.535 bits per heavy atom. The molecule has 0 atom stereocenters. The molecule has 43 heavy (non-hydrogen) atoms. The highest BCUT2D eigenvalue weighted by atomic mass is 16.6. The maximum atomic E-state index is 12.2. The molecule has 3 heterocycles. The van der Waals surface area contributed by atoms with Crippen LogP contribution in [0.5, 0.6) is 11.5 Å². The number of carbonyl (C=O) groups excluding carboxylic acids is 2. The van der Waals surface area contributed by atoms with E-state index >= 15 is 0 Å². The fourth-order valence-electron chi connectivity index (χ4n) is 4.30. The SMILES string of the molecule is O=C1Nc2cccc(n2)COCc2cccc(n2)NC(=O)OCCCCOc2ccc3ccc(cc3c2)OCCCCO1. The van der Waals surface area contributed by atoms with Gasteiger partial charge in [0.2, 0.25) is 0 Å². The van der Waals surface area contributed by atoms with Gasteiger partial charge in [-0.2, -0.15) is 0 Å². The molecule has 2 aromatic carbocycles. The first-order valence-electron chi connectivity index (χ1n) is 14.3. The first-order chi connectivity index (χ1) is 21.1. The summed E-state index contributed by atoms with van der Waals surface area (Å²) < 4.78 is 28.2. The van der Waals surface area contributed by atoms with Crippen molar-refractivity contribution >= 4 is 34.6 Å². The van der Waals surface area contributed by atoms with E-state index < -0.39 is 12.2 Å². The van der Waals surface area contributed by atoms with Gasteiger partial charge >= 0.3 is 12.2 Å². The van der Waals surface area contributed by atoms with Gasteiger partial charge in [0.1, 0.15) is 23.1 Å². The van der Waals surface area contributed by atoms with Crippen LogP contribution in [-0.4, -0.2) is 48.6 Å². The molecular formula is C32H34N4O7. The van der Waals surface area contributed by atoms with E-state index in [9.17, 15) is 9.59 Å². The number of pyridine rings is 2. The zero-order chi connectivity index (χ0) is 29.7. The minimum Gasteiger partial charge on any atom is -0.494 e. The monoisotopic (exact) mass is 586 g/mol. The Morgan fingerprint density at radius 2 is 1.00 bits per heavy atom. The molecule has 0 aliphatic carbocycles. The van der Waals surface area contributed by atoms with Crippen LogP contribution in [0.1, 0.15) is 37.1 Å². The van der Waals surface area contributed by atoms with Crippen LogP contribution in [0.2, 0.25) is 0 Å². The molecule has 2 aromatic heterocycles. The Hall–Kier alpha value is -4.90. The molecule has 1 aliphatic rings. The van der Waals surface area contributed by atoms with E-state index in [-0.39, 0.29) is 26.4 Å². The number of hydrogen-bond acceptors (Lipinski definition) is 9. The summed E-state index contributed by atoms with van der Waals surface area (Å²) >= 11 is 0. The molecule has 11 nitrogen and oxygen atoms in total. The second-order valence-electron chi connectivity index (χ2n) is 9.82. The molecule has 1 aliphatic heterocycles. The minimum absolute atomic E-state index is 0.202. The van der Waals surface area contributed by atoms with Crippen molar-refractivity contribution in [3.63, 3.8) is 0 Å². The first-order valence-corrected chi connectivity index (χ1v) is 14.3. The quantitative estimate of drug-likeness (QED) is 0.238. The highest BCUT2D eigenvalue weighted by molar-refractivity contribution is 5.85. The first kappa shape index (κ1) is 29.6. The summed E-state index contributed by atoms with van der Waals surface area (Å²) in [6, 6.07) is 22.3. The lowest BCUT2D eigenvalue weighted by molar-refractivity contribution is 0.102. The van der Waals surface area contributed by atoms with Crippen LogP contribution in [0, 0.1) is 0 Å². The normalized spacial score (nSPS) is 16.1. The number of carbonyl (C=O) groups is 2. The number of fused-ring (bicyclic) bond motifs is 6. The Morgan fingerprint density at radius 3 is 1.49 bits per heavy atom. The summed E-state index contributed by atoms with van der Waals surface area (Å²) in [6.45, 7) is 1.91. The van der Waals surface area contributed by atoms with E-state index in [2.05, 4.69) is 20.6 Å². The van der Waals surface area contributed by atoms with Crippen LogP contribution in [0.15, 0.2) is 72.8 Å². The van der Waals surface area contributed by atoms with Gasteiger partial charge in [0, 0.05) is 0 Å². The number of aromatic nitrogens is 2. The highest BCUT2D eigenvalue weighted by Crippen LogP contribution is 2.25. The predicted molar refractivity (Wildman–Crippen MR) is 160 cm³/mol.